The first kappa shape index (κ1) is 34.1. The van der Waals surface area contributed by atoms with Gasteiger partial charge in [-0.1, -0.05) is 77.3 Å². The molecular formula is C32H29Cl3F2N4O4. The van der Waals surface area contributed by atoms with Crippen molar-refractivity contribution in [2.45, 2.75) is 31.6 Å². The summed E-state index contributed by atoms with van der Waals surface area (Å²) in [5.74, 6) is -0.627. The van der Waals surface area contributed by atoms with Crippen molar-refractivity contribution < 1.29 is 28.5 Å². The zero-order chi connectivity index (χ0) is 33.1. The number of anilines is 1. The van der Waals surface area contributed by atoms with Gasteiger partial charge >= 0.3 is 6.55 Å². The van der Waals surface area contributed by atoms with Gasteiger partial charge in [-0.3, -0.25) is 4.79 Å². The molecule has 0 fully saturated rings. The summed E-state index contributed by atoms with van der Waals surface area (Å²) in [6, 6.07) is 17.4. The van der Waals surface area contributed by atoms with Crippen molar-refractivity contribution in [3.8, 4) is 17.0 Å². The molecule has 1 heterocycles. The van der Waals surface area contributed by atoms with E-state index in [1.165, 1.54) is 39.2 Å². The number of rotatable bonds is 10. The molecule has 0 saturated carbocycles. The topological polar surface area (TPSA) is 130 Å². The third-order valence-electron chi connectivity index (χ3n) is 6.99. The first-order valence-corrected chi connectivity index (χ1v) is 14.5. The van der Waals surface area contributed by atoms with Crippen molar-refractivity contribution in [1.29, 1.82) is 0 Å². The van der Waals surface area contributed by atoms with Gasteiger partial charge in [0.15, 0.2) is 0 Å². The van der Waals surface area contributed by atoms with Crippen molar-refractivity contribution in [2.75, 3.05) is 19.4 Å². The van der Waals surface area contributed by atoms with Crippen LogP contribution in [0.2, 0.25) is 15.1 Å². The lowest BCUT2D eigenvalue weighted by Gasteiger charge is -2.31. The summed E-state index contributed by atoms with van der Waals surface area (Å²) in [7, 11) is 1.31. The van der Waals surface area contributed by atoms with Gasteiger partial charge in [0.25, 0.3) is 5.91 Å². The minimum atomic E-state index is -2.99. The number of aromatic nitrogens is 1. The van der Waals surface area contributed by atoms with Crippen LogP contribution in [-0.2, 0) is 11.2 Å². The van der Waals surface area contributed by atoms with Gasteiger partial charge in [-0.15, -0.1) is 0 Å². The van der Waals surface area contributed by atoms with Crippen LogP contribution in [0, 0.1) is 0 Å². The predicted octanol–water partition coefficient (Wildman–Crippen LogP) is 6.83. The average Bonchev–Trinajstić information content (AvgIpc) is 3.00. The van der Waals surface area contributed by atoms with Gasteiger partial charge in [-0.25, -0.2) is 9.98 Å². The van der Waals surface area contributed by atoms with Crippen LogP contribution >= 0.6 is 34.8 Å². The molecule has 0 aliphatic carbocycles. The number of methoxy groups -OCH3 is 1. The third-order valence-corrected chi connectivity index (χ3v) is 8.19. The maximum absolute atomic E-state index is 13.4. The van der Waals surface area contributed by atoms with Crippen molar-refractivity contribution >= 4 is 52.6 Å². The molecule has 0 radical (unpaired) electrons. The number of ether oxygens (including phenoxy) is 1. The number of hydrogen-bond acceptors (Lipinski definition) is 7. The minimum Gasteiger partial charge on any atom is -0.495 e. The van der Waals surface area contributed by atoms with E-state index >= 15 is 0 Å². The number of carbonyl (C=O) groups is 1. The number of amides is 1. The van der Waals surface area contributed by atoms with Crippen molar-refractivity contribution in [2.24, 2.45) is 4.99 Å². The second kappa shape index (κ2) is 13.7. The zero-order valence-corrected chi connectivity index (χ0v) is 26.6. The summed E-state index contributed by atoms with van der Waals surface area (Å²) < 4.78 is 30.7. The molecule has 8 nitrogen and oxygen atoms in total. The fraction of sp³-hybridized carbons (Fsp3) is 0.219. The molecule has 0 unspecified atom stereocenters. The van der Waals surface area contributed by atoms with Crippen LogP contribution in [0.4, 0.5) is 14.5 Å². The molecule has 13 heteroatoms. The molecule has 1 atom stereocenters. The molecule has 0 aliphatic heterocycles. The first-order chi connectivity index (χ1) is 21.2. The average molecular weight is 678 g/mol. The van der Waals surface area contributed by atoms with Crippen LogP contribution in [0.15, 0.2) is 71.7 Å². The fourth-order valence-corrected chi connectivity index (χ4v) is 5.43. The summed E-state index contributed by atoms with van der Waals surface area (Å²) in [6.45, 7) is -0.366. The maximum Gasteiger partial charge on any atom is 0.331 e. The molecule has 45 heavy (non-hydrogen) atoms. The van der Waals surface area contributed by atoms with E-state index in [0.29, 0.717) is 11.1 Å². The Morgan fingerprint density at radius 2 is 1.76 bits per heavy atom. The largest absolute Gasteiger partial charge is 0.495 e. The smallest absolute Gasteiger partial charge is 0.331 e. The summed E-state index contributed by atoms with van der Waals surface area (Å²) >= 11 is 19.6. The van der Waals surface area contributed by atoms with E-state index < -0.39 is 30.2 Å². The van der Waals surface area contributed by atoms with Gasteiger partial charge < -0.3 is 26.0 Å². The van der Waals surface area contributed by atoms with Crippen LogP contribution in [0.5, 0.6) is 5.75 Å². The number of nitrogens with zero attached hydrogens (tertiary/aromatic N) is 2. The molecule has 1 aromatic heterocycles. The Hall–Kier alpha value is -3.80. The zero-order valence-electron chi connectivity index (χ0n) is 24.3. The molecule has 4 aromatic rings. The Morgan fingerprint density at radius 1 is 1.07 bits per heavy atom. The van der Waals surface area contributed by atoms with Crippen molar-refractivity contribution in [1.82, 2.24) is 10.3 Å². The van der Waals surface area contributed by atoms with Crippen LogP contribution < -0.4 is 15.8 Å². The summed E-state index contributed by atoms with van der Waals surface area (Å²) in [6.07, 6.45) is 0.845. The van der Waals surface area contributed by atoms with E-state index in [0.717, 1.165) is 6.21 Å². The van der Waals surface area contributed by atoms with Gasteiger partial charge in [0.2, 0.25) is 0 Å². The Balaban J connectivity index is 1.85. The molecule has 4 rings (SSSR count). The lowest BCUT2D eigenvalue weighted by Crippen LogP contribution is -2.42. The number of nitrogens with one attached hydrogen (secondary N) is 1. The second-order valence-corrected chi connectivity index (χ2v) is 11.7. The third kappa shape index (κ3) is 7.37. The quantitative estimate of drug-likeness (QED) is 0.0827. The highest BCUT2D eigenvalue weighted by molar-refractivity contribution is 6.44. The van der Waals surface area contributed by atoms with Crippen LogP contribution in [0.3, 0.4) is 0 Å². The number of alkyl halides is 2. The highest BCUT2D eigenvalue weighted by Gasteiger charge is 2.37. The number of nitrogens with two attached hydrogens (primary N) is 1. The van der Waals surface area contributed by atoms with E-state index in [2.05, 4.69) is 10.3 Å². The molecule has 236 valence electrons. The van der Waals surface area contributed by atoms with Crippen LogP contribution in [0.1, 0.15) is 46.6 Å². The summed E-state index contributed by atoms with van der Waals surface area (Å²) in [5, 5.41) is 26.6. The lowest BCUT2D eigenvalue weighted by atomic mass is 9.86. The number of hydrogen-bond donors (Lipinski definition) is 4. The molecule has 0 aliphatic rings. The number of halogens is 5. The summed E-state index contributed by atoms with van der Waals surface area (Å²) in [5.41, 5.74) is 3.67. The molecular weight excluding hydrogens is 649 g/mol. The van der Waals surface area contributed by atoms with Crippen molar-refractivity contribution in [3.63, 3.8) is 0 Å². The molecule has 1 amide bonds. The highest BCUT2D eigenvalue weighted by Crippen LogP contribution is 2.42. The lowest BCUT2D eigenvalue weighted by molar-refractivity contribution is 0.0639. The molecule has 0 bridgehead atoms. The van der Waals surface area contributed by atoms with E-state index in [4.69, 9.17) is 50.3 Å². The minimum absolute atomic E-state index is 0.000165. The maximum atomic E-state index is 13.4. The Morgan fingerprint density at radius 3 is 2.38 bits per heavy atom. The second-order valence-electron chi connectivity index (χ2n) is 10.5. The van der Waals surface area contributed by atoms with Crippen molar-refractivity contribution in [3.05, 3.63) is 110 Å². The molecule has 0 spiro atoms. The Bertz CT molecular complexity index is 1750. The SMILES string of the molecule is COc1cc(C(=O)NC[C@@](O)(c2ccccc2)c2cc(C(C)(C)O)c(Cl)c(-c3cccc(Cl)c3Cl)n2)cc(/C=N/C(F)F)c1N. The van der Waals surface area contributed by atoms with Gasteiger partial charge in [-0.05, 0) is 43.7 Å². The Labute approximate surface area is 273 Å². The number of pyridine rings is 1. The normalized spacial score (nSPS) is 13.2. The standard InChI is InChI=1S/C32H29Cl3F2N4O4/c1-31(2,43)21-14-24(41-28(26(21)35)20-10-7-11-22(33)25(20)34)32(44,19-8-5-4-6-9-19)16-40-29(42)17-12-18(15-39-30(36)37)27(38)23(13-17)45-3/h4-15,30,43-44H,16,38H2,1-3H3,(H,40,42)/b39-15+/t32-/m1/s1. The predicted molar refractivity (Wildman–Crippen MR) is 173 cm³/mol. The number of carbonyl (C=O) groups excluding carboxylic acids is 1. The van der Waals surface area contributed by atoms with E-state index in [1.807, 2.05) is 0 Å². The number of nitrogen functional groups attached to an aromatic ring is 1. The number of benzene rings is 3. The fourth-order valence-electron chi connectivity index (χ4n) is 4.61. The number of aliphatic imine (C=N–C) groups is 1. The number of aliphatic hydroxyl groups is 2. The molecule has 5 N–H and O–H groups in total. The highest BCUT2D eigenvalue weighted by atomic mass is 35.5. The molecule has 3 aromatic carbocycles. The summed E-state index contributed by atoms with van der Waals surface area (Å²) in [4.78, 5) is 21.2. The van der Waals surface area contributed by atoms with Crippen LogP contribution in [-0.4, -0.2) is 47.5 Å². The van der Waals surface area contributed by atoms with E-state index in [9.17, 15) is 23.8 Å². The first-order valence-electron chi connectivity index (χ1n) is 13.4. The van der Waals surface area contributed by atoms with E-state index in [-0.39, 0.29) is 54.6 Å². The van der Waals surface area contributed by atoms with E-state index in [1.54, 1.807) is 48.5 Å². The molecule has 0 saturated heterocycles. The van der Waals surface area contributed by atoms with Gasteiger partial charge in [0, 0.05) is 28.5 Å². The van der Waals surface area contributed by atoms with Crippen LogP contribution in [0.25, 0.3) is 11.3 Å². The van der Waals surface area contributed by atoms with Gasteiger partial charge in [-0.2, -0.15) is 8.78 Å². The van der Waals surface area contributed by atoms with Gasteiger partial charge in [0.05, 0.1) is 51.4 Å². The monoisotopic (exact) mass is 676 g/mol. The Kier molecular flexibility index (Phi) is 10.4. The van der Waals surface area contributed by atoms with Gasteiger partial charge in [0.1, 0.15) is 11.4 Å².